The molecule has 2 rings (SSSR count). The lowest BCUT2D eigenvalue weighted by Gasteiger charge is -2.22. The first-order chi connectivity index (χ1) is 8.20. The molecule has 1 aliphatic rings. The van der Waals surface area contributed by atoms with E-state index >= 15 is 0 Å². The van der Waals surface area contributed by atoms with E-state index in [9.17, 15) is 0 Å². The van der Waals surface area contributed by atoms with Crippen molar-refractivity contribution in [3.63, 3.8) is 0 Å². The zero-order chi connectivity index (χ0) is 12.3. The number of nitrogens with one attached hydrogen (secondary N) is 1. The lowest BCUT2D eigenvalue weighted by molar-refractivity contribution is 0.117. The number of hydrogen-bond donors (Lipinski definition) is 1. The van der Waals surface area contributed by atoms with E-state index in [4.69, 9.17) is 4.74 Å². The van der Waals surface area contributed by atoms with E-state index in [1.807, 2.05) is 7.05 Å². The first kappa shape index (κ1) is 13.1. The van der Waals surface area contributed by atoms with Crippen molar-refractivity contribution < 1.29 is 4.74 Å². The average Bonchev–Trinajstić information content (AvgIpc) is 2.75. The highest BCUT2D eigenvalue weighted by molar-refractivity contribution is 9.10. The second-order valence-electron chi connectivity index (χ2n) is 4.83. The molecule has 0 bridgehead atoms. The zero-order valence-electron chi connectivity index (χ0n) is 10.4. The maximum atomic E-state index is 5.66. The van der Waals surface area contributed by atoms with Crippen LogP contribution >= 0.6 is 15.9 Å². The Morgan fingerprint density at radius 1 is 1.47 bits per heavy atom. The Hall–Kier alpha value is -0.380. The van der Waals surface area contributed by atoms with Crippen LogP contribution in [-0.4, -0.2) is 25.8 Å². The van der Waals surface area contributed by atoms with Crippen molar-refractivity contribution in [3.05, 3.63) is 34.3 Å². The summed E-state index contributed by atoms with van der Waals surface area (Å²) in [5, 5.41) is 3.44. The molecule has 0 radical (unpaired) electrons. The van der Waals surface area contributed by atoms with Gasteiger partial charge in [-0.15, -0.1) is 0 Å². The Bertz CT molecular complexity index is 369. The normalized spacial score (nSPS) is 26.1. The minimum absolute atomic E-state index is 0.412. The molecule has 3 unspecified atom stereocenters. The third-order valence-electron chi connectivity index (χ3n) is 3.57. The Kier molecular flexibility index (Phi) is 4.60. The van der Waals surface area contributed by atoms with E-state index in [0.29, 0.717) is 18.1 Å². The van der Waals surface area contributed by atoms with Crippen LogP contribution in [0.4, 0.5) is 0 Å². The van der Waals surface area contributed by atoms with Gasteiger partial charge in [0.05, 0.1) is 12.7 Å². The molecule has 1 saturated heterocycles. The van der Waals surface area contributed by atoms with Gasteiger partial charge in [0.15, 0.2) is 0 Å². The van der Waals surface area contributed by atoms with Gasteiger partial charge in [0.2, 0.25) is 0 Å². The molecule has 1 fully saturated rings. The van der Waals surface area contributed by atoms with Crippen molar-refractivity contribution in [2.75, 3.05) is 13.7 Å². The average molecular weight is 298 g/mol. The number of rotatable bonds is 4. The molecular weight excluding hydrogens is 278 g/mol. The Balaban J connectivity index is 2.03. The fraction of sp³-hybridized carbons (Fsp3) is 0.571. The zero-order valence-corrected chi connectivity index (χ0v) is 12.0. The molecule has 1 aliphatic heterocycles. The standard InChI is InChI=1S/C14H20BrNO/c1-10-7-12(9-17-10)14(16-2)8-11-5-3-4-6-13(11)15/h3-6,10,12,14,16H,7-9H2,1-2H3. The summed E-state index contributed by atoms with van der Waals surface area (Å²) >= 11 is 3.62. The molecule has 1 heterocycles. The van der Waals surface area contributed by atoms with Crippen molar-refractivity contribution in [2.24, 2.45) is 5.92 Å². The van der Waals surface area contributed by atoms with Gasteiger partial charge in [-0.2, -0.15) is 0 Å². The third-order valence-corrected chi connectivity index (χ3v) is 4.34. The first-order valence-electron chi connectivity index (χ1n) is 6.23. The van der Waals surface area contributed by atoms with Crippen molar-refractivity contribution in [1.82, 2.24) is 5.32 Å². The highest BCUT2D eigenvalue weighted by atomic mass is 79.9. The SMILES string of the molecule is CNC(Cc1ccccc1Br)C1COC(C)C1. The highest BCUT2D eigenvalue weighted by Gasteiger charge is 2.28. The van der Waals surface area contributed by atoms with Crippen LogP contribution in [0.3, 0.4) is 0 Å². The minimum Gasteiger partial charge on any atom is -0.378 e. The van der Waals surface area contributed by atoms with Gasteiger partial charge < -0.3 is 10.1 Å². The van der Waals surface area contributed by atoms with Crippen molar-refractivity contribution in [1.29, 1.82) is 0 Å². The van der Waals surface area contributed by atoms with Crippen LogP contribution in [0.15, 0.2) is 28.7 Å². The van der Waals surface area contributed by atoms with E-state index in [2.05, 4.69) is 52.4 Å². The molecule has 0 spiro atoms. The molecule has 0 saturated carbocycles. The van der Waals surface area contributed by atoms with E-state index in [-0.39, 0.29) is 0 Å². The molecule has 3 atom stereocenters. The molecule has 2 nitrogen and oxygen atoms in total. The summed E-state index contributed by atoms with van der Waals surface area (Å²) in [5.41, 5.74) is 1.37. The highest BCUT2D eigenvalue weighted by Crippen LogP contribution is 2.26. The van der Waals surface area contributed by atoms with Gasteiger partial charge in [0.1, 0.15) is 0 Å². The van der Waals surface area contributed by atoms with Crippen molar-refractivity contribution in [3.8, 4) is 0 Å². The van der Waals surface area contributed by atoms with Gasteiger partial charge in [0.25, 0.3) is 0 Å². The van der Waals surface area contributed by atoms with Crippen LogP contribution in [0.25, 0.3) is 0 Å². The van der Waals surface area contributed by atoms with E-state index in [1.54, 1.807) is 0 Å². The van der Waals surface area contributed by atoms with Crippen molar-refractivity contribution in [2.45, 2.75) is 31.9 Å². The lowest BCUT2D eigenvalue weighted by Crippen LogP contribution is -2.36. The first-order valence-corrected chi connectivity index (χ1v) is 7.02. The topological polar surface area (TPSA) is 21.3 Å². The number of halogens is 1. The molecule has 3 heteroatoms. The molecular formula is C14H20BrNO. The number of likely N-dealkylation sites (N-methyl/N-ethyl adjacent to an activating group) is 1. The number of ether oxygens (including phenoxy) is 1. The van der Waals surface area contributed by atoms with E-state index < -0.39 is 0 Å². The van der Waals surface area contributed by atoms with E-state index in [1.165, 1.54) is 10.0 Å². The molecule has 1 N–H and O–H groups in total. The van der Waals surface area contributed by atoms with Crippen molar-refractivity contribution >= 4 is 15.9 Å². The molecule has 0 aromatic heterocycles. The monoisotopic (exact) mass is 297 g/mol. The van der Waals surface area contributed by atoms with Gasteiger partial charge in [0, 0.05) is 16.4 Å². The Labute approximate surface area is 112 Å². The quantitative estimate of drug-likeness (QED) is 0.922. The van der Waals surface area contributed by atoms with Crippen LogP contribution in [0.2, 0.25) is 0 Å². The second kappa shape index (κ2) is 5.98. The van der Waals surface area contributed by atoms with Crippen LogP contribution in [0.5, 0.6) is 0 Å². The maximum Gasteiger partial charge on any atom is 0.0551 e. The molecule has 1 aromatic rings. The summed E-state index contributed by atoms with van der Waals surface area (Å²) in [6.45, 7) is 3.04. The van der Waals surface area contributed by atoms with E-state index in [0.717, 1.165) is 19.4 Å². The third kappa shape index (κ3) is 3.30. The van der Waals surface area contributed by atoms with Gasteiger partial charge >= 0.3 is 0 Å². The summed E-state index contributed by atoms with van der Waals surface area (Å²) < 4.78 is 6.87. The fourth-order valence-electron chi connectivity index (χ4n) is 2.54. The minimum atomic E-state index is 0.412. The predicted octanol–water partition coefficient (Wildman–Crippen LogP) is 3.00. The summed E-state index contributed by atoms with van der Waals surface area (Å²) in [5.74, 6) is 0.627. The largest absolute Gasteiger partial charge is 0.378 e. The van der Waals surface area contributed by atoms with Crippen LogP contribution in [-0.2, 0) is 11.2 Å². The predicted molar refractivity (Wildman–Crippen MR) is 74.2 cm³/mol. The molecule has 0 amide bonds. The maximum absolute atomic E-state index is 5.66. The number of hydrogen-bond acceptors (Lipinski definition) is 2. The summed E-state index contributed by atoms with van der Waals surface area (Å²) in [4.78, 5) is 0. The number of benzene rings is 1. The van der Waals surface area contributed by atoms with Gasteiger partial charge in [-0.25, -0.2) is 0 Å². The van der Waals surface area contributed by atoms with Crippen LogP contribution < -0.4 is 5.32 Å². The molecule has 0 aliphatic carbocycles. The van der Waals surface area contributed by atoms with Crippen LogP contribution in [0.1, 0.15) is 18.9 Å². The summed E-state index contributed by atoms with van der Waals surface area (Å²) in [7, 11) is 2.05. The molecule has 94 valence electrons. The fourth-order valence-corrected chi connectivity index (χ4v) is 2.98. The van der Waals surface area contributed by atoms with Crippen LogP contribution in [0, 0.1) is 5.92 Å². The molecule has 1 aromatic carbocycles. The second-order valence-corrected chi connectivity index (χ2v) is 5.68. The van der Waals surface area contributed by atoms with Gasteiger partial charge in [-0.05, 0) is 38.4 Å². The smallest absolute Gasteiger partial charge is 0.0551 e. The molecule has 17 heavy (non-hydrogen) atoms. The Morgan fingerprint density at radius 3 is 2.82 bits per heavy atom. The van der Waals surface area contributed by atoms with Gasteiger partial charge in [-0.3, -0.25) is 0 Å². The lowest BCUT2D eigenvalue weighted by atomic mass is 9.92. The Morgan fingerprint density at radius 2 is 2.24 bits per heavy atom. The summed E-state index contributed by atoms with van der Waals surface area (Å²) in [6.07, 6.45) is 2.63. The summed E-state index contributed by atoms with van der Waals surface area (Å²) in [6, 6.07) is 8.95. The van der Waals surface area contributed by atoms with Gasteiger partial charge in [-0.1, -0.05) is 34.1 Å².